The molecule has 33 heavy (non-hydrogen) atoms. The van der Waals surface area contributed by atoms with E-state index in [0.717, 1.165) is 16.5 Å². The topological polar surface area (TPSA) is 74.8 Å². The second kappa shape index (κ2) is 9.45. The third-order valence-electron chi connectivity index (χ3n) is 6.32. The summed E-state index contributed by atoms with van der Waals surface area (Å²) in [6.45, 7) is 4.47. The van der Waals surface area contributed by atoms with Gasteiger partial charge < -0.3 is 4.90 Å². The second-order valence-electron chi connectivity index (χ2n) is 8.34. The number of carbonyl (C=O) groups excluding carboxylic acids is 2. The lowest BCUT2D eigenvalue weighted by Crippen LogP contribution is -2.44. The monoisotopic (exact) mass is 464 g/mol. The first kappa shape index (κ1) is 23.1. The van der Waals surface area contributed by atoms with Gasteiger partial charge in [0.15, 0.2) is 5.78 Å². The van der Waals surface area contributed by atoms with Crippen LogP contribution in [0.2, 0.25) is 0 Å². The van der Waals surface area contributed by atoms with Crippen LogP contribution in [0.25, 0.3) is 10.8 Å². The minimum atomic E-state index is -3.72. The van der Waals surface area contributed by atoms with Gasteiger partial charge in [0.05, 0.1) is 10.6 Å². The van der Waals surface area contributed by atoms with Crippen LogP contribution in [0.15, 0.2) is 71.6 Å². The van der Waals surface area contributed by atoms with Crippen LogP contribution in [-0.4, -0.2) is 44.0 Å². The Hall–Kier alpha value is -3.03. The summed E-state index contributed by atoms with van der Waals surface area (Å²) in [5.41, 5.74) is 1.26. The highest BCUT2D eigenvalue weighted by molar-refractivity contribution is 7.89. The van der Waals surface area contributed by atoms with Crippen LogP contribution in [0.3, 0.4) is 0 Å². The highest BCUT2D eigenvalue weighted by Crippen LogP contribution is 2.31. The van der Waals surface area contributed by atoms with Crippen molar-refractivity contribution in [2.24, 2.45) is 5.92 Å². The third kappa shape index (κ3) is 4.56. The minimum absolute atomic E-state index is 0.0319. The van der Waals surface area contributed by atoms with Gasteiger partial charge in [-0.1, -0.05) is 48.5 Å². The van der Waals surface area contributed by atoms with Crippen molar-refractivity contribution in [1.29, 1.82) is 0 Å². The van der Waals surface area contributed by atoms with Crippen LogP contribution in [0.4, 0.5) is 5.69 Å². The Bertz CT molecular complexity index is 1290. The number of fused-ring (bicyclic) bond motifs is 1. The van der Waals surface area contributed by atoms with E-state index < -0.39 is 10.0 Å². The Morgan fingerprint density at radius 1 is 0.970 bits per heavy atom. The van der Waals surface area contributed by atoms with Gasteiger partial charge in [-0.2, -0.15) is 4.31 Å². The number of anilines is 1. The summed E-state index contributed by atoms with van der Waals surface area (Å²) >= 11 is 0. The number of hydrogen-bond donors (Lipinski definition) is 0. The predicted molar refractivity (Wildman–Crippen MR) is 130 cm³/mol. The Morgan fingerprint density at radius 2 is 1.64 bits per heavy atom. The normalized spacial score (nSPS) is 15.5. The Labute approximate surface area is 194 Å². The number of amides is 1. The summed E-state index contributed by atoms with van der Waals surface area (Å²) in [5.74, 6) is -0.382. The first-order chi connectivity index (χ1) is 15.8. The molecule has 0 aromatic heterocycles. The van der Waals surface area contributed by atoms with E-state index >= 15 is 0 Å². The smallest absolute Gasteiger partial charge is 0.243 e. The molecular formula is C26H28N2O4S. The van der Waals surface area contributed by atoms with Crippen molar-refractivity contribution >= 4 is 38.2 Å². The lowest BCUT2D eigenvalue weighted by molar-refractivity contribution is -0.123. The number of sulfonamides is 1. The number of piperidine rings is 1. The molecule has 0 radical (unpaired) electrons. The number of hydrogen-bond acceptors (Lipinski definition) is 4. The number of benzene rings is 3. The summed E-state index contributed by atoms with van der Waals surface area (Å²) in [6, 6.07) is 20.1. The van der Waals surface area contributed by atoms with E-state index in [1.165, 1.54) is 23.4 Å². The molecule has 1 saturated heterocycles. The highest BCUT2D eigenvalue weighted by atomic mass is 32.2. The van der Waals surface area contributed by atoms with Crippen LogP contribution in [0, 0.1) is 5.92 Å². The van der Waals surface area contributed by atoms with Crippen LogP contribution < -0.4 is 4.90 Å². The van der Waals surface area contributed by atoms with E-state index in [0.29, 0.717) is 24.9 Å². The van der Waals surface area contributed by atoms with E-state index in [9.17, 15) is 18.0 Å². The van der Waals surface area contributed by atoms with Crippen molar-refractivity contribution in [1.82, 2.24) is 4.31 Å². The summed E-state index contributed by atoms with van der Waals surface area (Å²) in [6.07, 6.45) is 0.928. The maximum Gasteiger partial charge on any atom is 0.243 e. The molecule has 172 valence electrons. The van der Waals surface area contributed by atoms with Gasteiger partial charge in [0.25, 0.3) is 0 Å². The van der Waals surface area contributed by atoms with Gasteiger partial charge in [0.2, 0.25) is 15.9 Å². The van der Waals surface area contributed by atoms with Crippen LogP contribution in [0.1, 0.15) is 37.0 Å². The Kier molecular flexibility index (Phi) is 6.63. The van der Waals surface area contributed by atoms with Gasteiger partial charge in [-0.05, 0) is 50.3 Å². The average molecular weight is 465 g/mol. The Balaban J connectivity index is 1.50. The third-order valence-corrected chi connectivity index (χ3v) is 8.22. The lowest BCUT2D eigenvalue weighted by Gasteiger charge is -2.33. The molecule has 0 spiro atoms. The van der Waals surface area contributed by atoms with Gasteiger partial charge in [-0.25, -0.2) is 8.42 Å². The molecule has 0 bridgehead atoms. The maximum atomic E-state index is 13.4. The molecule has 0 aliphatic carbocycles. The maximum absolute atomic E-state index is 13.4. The highest BCUT2D eigenvalue weighted by Gasteiger charge is 2.34. The number of carbonyl (C=O) groups is 2. The van der Waals surface area contributed by atoms with E-state index in [1.54, 1.807) is 12.1 Å². The zero-order chi connectivity index (χ0) is 23.6. The lowest BCUT2D eigenvalue weighted by atomic mass is 9.95. The fourth-order valence-corrected chi connectivity index (χ4v) is 5.99. The number of ketones is 1. The van der Waals surface area contributed by atoms with Crippen LogP contribution in [-0.2, 0) is 14.8 Å². The molecule has 1 amide bonds. The van der Waals surface area contributed by atoms with E-state index in [1.807, 2.05) is 54.3 Å². The van der Waals surface area contributed by atoms with Crippen molar-refractivity contribution in [3.63, 3.8) is 0 Å². The number of nitrogens with zero attached hydrogens (tertiary/aromatic N) is 2. The zero-order valence-electron chi connectivity index (χ0n) is 18.9. The zero-order valence-corrected chi connectivity index (χ0v) is 19.7. The number of Topliss-reactive ketones (excluding diaryl/α,β-unsaturated/α-hetero) is 1. The predicted octanol–water partition coefficient (Wildman–Crippen LogP) is 4.50. The van der Waals surface area contributed by atoms with Crippen molar-refractivity contribution in [3.8, 4) is 0 Å². The van der Waals surface area contributed by atoms with Crippen molar-refractivity contribution in [3.05, 3.63) is 72.3 Å². The van der Waals surface area contributed by atoms with E-state index in [4.69, 9.17) is 0 Å². The SMILES string of the molecule is CCN(C(=O)C1CCN(S(=O)(=O)c2cccc(C(C)=O)c2)CC1)c1cccc2ccccc12. The molecule has 6 nitrogen and oxygen atoms in total. The Morgan fingerprint density at radius 3 is 2.33 bits per heavy atom. The minimum Gasteiger partial charge on any atom is -0.312 e. The quantitative estimate of drug-likeness (QED) is 0.504. The van der Waals surface area contributed by atoms with Crippen LogP contribution >= 0.6 is 0 Å². The fourth-order valence-electron chi connectivity index (χ4n) is 4.48. The molecule has 1 fully saturated rings. The number of rotatable bonds is 6. The molecule has 0 unspecified atom stereocenters. The van der Waals surface area contributed by atoms with Gasteiger partial charge >= 0.3 is 0 Å². The van der Waals surface area contributed by atoms with Gasteiger partial charge in [-0.3, -0.25) is 9.59 Å². The van der Waals surface area contributed by atoms with Gasteiger partial charge in [-0.15, -0.1) is 0 Å². The molecule has 7 heteroatoms. The van der Waals surface area contributed by atoms with Crippen molar-refractivity contribution in [2.45, 2.75) is 31.6 Å². The fraction of sp³-hybridized carbons (Fsp3) is 0.308. The molecule has 1 aliphatic rings. The van der Waals surface area contributed by atoms with Crippen molar-refractivity contribution in [2.75, 3.05) is 24.5 Å². The van der Waals surface area contributed by atoms with Gasteiger partial charge in [0.1, 0.15) is 0 Å². The first-order valence-corrected chi connectivity index (χ1v) is 12.7. The van der Waals surface area contributed by atoms with Crippen molar-refractivity contribution < 1.29 is 18.0 Å². The first-order valence-electron chi connectivity index (χ1n) is 11.2. The molecule has 0 saturated carbocycles. The molecule has 0 N–H and O–H groups in total. The largest absolute Gasteiger partial charge is 0.312 e. The molecule has 4 rings (SSSR count). The summed E-state index contributed by atoms with van der Waals surface area (Å²) in [4.78, 5) is 27.0. The summed E-state index contributed by atoms with van der Waals surface area (Å²) < 4.78 is 27.7. The van der Waals surface area contributed by atoms with Gasteiger partial charge in [0, 0.05) is 36.5 Å². The molecule has 3 aromatic carbocycles. The molecule has 1 heterocycles. The van der Waals surface area contributed by atoms with E-state index in [2.05, 4.69) is 0 Å². The molecular weight excluding hydrogens is 436 g/mol. The second-order valence-corrected chi connectivity index (χ2v) is 10.3. The summed E-state index contributed by atoms with van der Waals surface area (Å²) in [5, 5.41) is 2.11. The standard InChI is InChI=1S/C26H28N2O4S/c1-3-28(25-13-7-9-20-8-4-5-12-24(20)25)26(30)21-14-16-27(17-15-21)33(31,32)23-11-6-10-22(18-23)19(2)29/h4-13,18,21H,3,14-17H2,1-2H3. The molecule has 1 aliphatic heterocycles. The summed E-state index contributed by atoms with van der Waals surface area (Å²) in [7, 11) is -3.72. The molecule has 3 aromatic rings. The van der Waals surface area contributed by atoms with Crippen LogP contribution in [0.5, 0.6) is 0 Å². The van der Waals surface area contributed by atoms with E-state index in [-0.39, 0.29) is 35.6 Å². The molecule has 0 atom stereocenters. The average Bonchev–Trinajstić information content (AvgIpc) is 2.84.